The average Bonchev–Trinajstić information content (AvgIpc) is 2.39. The molecule has 1 aliphatic rings. The van der Waals surface area contributed by atoms with E-state index in [9.17, 15) is 4.79 Å². The Kier molecular flexibility index (Phi) is 7.09. The third kappa shape index (κ3) is 6.00. The van der Waals surface area contributed by atoms with Gasteiger partial charge in [-0.2, -0.15) is 0 Å². The highest BCUT2D eigenvalue weighted by Crippen LogP contribution is 2.15. The van der Waals surface area contributed by atoms with E-state index in [1.807, 2.05) is 13.8 Å². The van der Waals surface area contributed by atoms with E-state index in [0.717, 1.165) is 44.0 Å². The maximum absolute atomic E-state index is 12.0. The third-order valence-electron chi connectivity index (χ3n) is 4.18. The highest BCUT2D eigenvalue weighted by Gasteiger charge is 2.22. The Labute approximate surface area is 129 Å². The molecule has 1 fully saturated rings. The fourth-order valence-electron chi connectivity index (χ4n) is 2.47. The molecule has 1 rings (SSSR count). The molecule has 1 amide bonds. The highest BCUT2D eigenvalue weighted by atomic mass is 16.1. The fraction of sp³-hybridized carbons (Fsp3) is 0.765. The Morgan fingerprint density at radius 3 is 2.43 bits per heavy atom. The van der Waals surface area contributed by atoms with Crippen LogP contribution < -0.4 is 5.32 Å². The zero-order valence-electron chi connectivity index (χ0n) is 14.3. The fourth-order valence-corrected chi connectivity index (χ4v) is 2.47. The molecule has 0 unspecified atom stereocenters. The number of allylic oxidation sites excluding steroid dienone is 1. The minimum atomic E-state index is -0.0320. The molecule has 4 heteroatoms. The third-order valence-corrected chi connectivity index (χ3v) is 4.18. The van der Waals surface area contributed by atoms with Crippen LogP contribution in [0.25, 0.3) is 0 Å². The van der Waals surface area contributed by atoms with E-state index in [0.29, 0.717) is 23.7 Å². The molecule has 0 bridgehead atoms. The Bertz CT molecular complexity index is 406. The summed E-state index contributed by atoms with van der Waals surface area (Å²) >= 11 is 0. The van der Waals surface area contributed by atoms with Gasteiger partial charge in [0.1, 0.15) is 0 Å². The van der Waals surface area contributed by atoms with Crippen LogP contribution in [-0.2, 0) is 4.79 Å². The molecule has 0 radical (unpaired) electrons. The summed E-state index contributed by atoms with van der Waals surface area (Å²) in [6, 6.07) is 0. The van der Waals surface area contributed by atoms with Gasteiger partial charge in [-0.25, -0.2) is 0 Å². The average molecular weight is 293 g/mol. The van der Waals surface area contributed by atoms with Crippen molar-refractivity contribution >= 4 is 11.6 Å². The Morgan fingerprint density at radius 2 is 1.90 bits per heavy atom. The summed E-state index contributed by atoms with van der Waals surface area (Å²) in [7, 11) is 0. The summed E-state index contributed by atoms with van der Waals surface area (Å²) in [5.74, 6) is 1.35. The number of carbonyl (C=O) groups excluding carboxylic acids is 1. The second kappa shape index (κ2) is 8.32. The number of likely N-dealkylation sites (tertiary alicyclic amines) is 1. The van der Waals surface area contributed by atoms with Gasteiger partial charge in [-0.3, -0.25) is 4.79 Å². The summed E-state index contributed by atoms with van der Waals surface area (Å²) in [6.07, 6.45) is 1.72. The van der Waals surface area contributed by atoms with Gasteiger partial charge in [0.05, 0.1) is 0 Å². The molecule has 0 atom stereocenters. The van der Waals surface area contributed by atoms with Crippen molar-refractivity contribution < 1.29 is 4.79 Å². The van der Waals surface area contributed by atoms with Crippen molar-refractivity contribution in [1.29, 1.82) is 5.41 Å². The van der Waals surface area contributed by atoms with E-state index >= 15 is 0 Å². The molecule has 0 aliphatic carbocycles. The smallest absolute Gasteiger partial charge is 0.247 e. The summed E-state index contributed by atoms with van der Waals surface area (Å²) in [5, 5.41) is 11.1. The van der Waals surface area contributed by atoms with Crippen LogP contribution in [0, 0.1) is 17.2 Å². The Hall–Kier alpha value is -1.16. The molecule has 0 spiro atoms. The lowest BCUT2D eigenvalue weighted by Gasteiger charge is -2.37. The molecule has 1 aliphatic heterocycles. The van der Waals surface area contributed by atoms with Crippen molar-refractivity contribution in [3.8, 4) is 0 Å². The van der Waals surface area contributed by atoms with Gasteiger partial charge in [0.25, 0.3) is 0 Å². The van der Waals surface area contributed by atoms with Crippen LogP contribution in [0.1, 0.15) is 47.5 Å². The van der Waals surface area contributed by atoms with Crippen LogP contribution in [0.4, 0.5) is 0 Å². The normalized spacial score (nSPS) is 17.4. The largest absolute Gasteiger partial charge is 0.352 e. The molecule has 0 aromatic heterocycles. The molecule has 1 heterocycles. The van der Waals surface area contributed by atoms with E-state index in [-0.39, 0.29) is 5.91 Å². The number of nitrogens with one attached hydrogen (secondary N) is 2. The standard InChI is InChI=1S/C17H31N3O/c1-12(2)6-8-19-17(21)15(5)14(4)16(18)7-9-20-10-13(3)11-20/h12-13,18H,6-11H2,1-5H3,(H,19,21)/b15-14-,18-16?. The van der Waals surface area contributed by atoms with E-state index in [2.05, 4.69) is 31.0 Å². The van der Waals surface area contributed by atoms with Gasteiger partial charge in [0.2, 0.25) is 5.91 Å². The van der Waals surface area contributed by atoms with Crippen LogP contribution in [0.15, 0.2) is 11.1 Å². The van der Waals surface area contributed by atoms with Gasteiger partial charge < -0.3 is 15.6 Å². The van der Waals surface area contributed by atoms with E-state index < -0.39 is 0 Å². The first-order valence-corrected chi connectivity index (χ1v) is 8.07. The first-order chi connectivity index (χ1) is 9.81. The number of nitrogens with zero attached hydrogens (tertiary/aromatic N) is 1. The van der Waals surface area contributed by atoms with Crippen LogP contribution in [-0.4, -0.2) is 42.7 Å². The zero-order valence-corrected chi connectivity index (χ0v) is 14.3. The van der Waals surface area contributed by atoms with Gasteiger partial charge in [0.15, 0.2) is 0 Å². The van der Waals surface area contributed by atoms with E-state index in [4.69, 9.17) is 5.41 Å². The van der Waals surface area contributed by atoms with Crippen molar-refractivity contribution in [2.24, 2.45) is 11.8 Å². The molecule has 0 aromatic carbocycles. The highest BCUT2D eigenvalue weighted by molar-refractivity contribution is 6.06. The van der Waals surface area contributed by atoms with Gasteiger partial charge in [-0.05, 0) is 37.7 Å². The quantitative estimate of drug-likeness (QED) is 0.534. The molecule has 0 aromatic rings. The summed E-state index contributed by atoms with van der Waals surface area (Å²) in [4.78, 5) is 14.4. The summed E-state index contributed by atoms with van der Waals surface area (Å²) in [6.45, 7) is 14.2. The van der Waals surface area contributed by atoms with Crippen LogP contribution in [0.2, 0.25) is 0 Å². The van der Waals surface area contributed by atoms with Crippen molar-refractivity contribution in [3.63, 3.8) is 0 Å². The van der Waals surface area contributed by atoms with Gasteiger partial charge in [-0.1, -0.05) is 20.8 Å². The molecule has 120 valence electrons. The zero-order chi connectivity index (χ0) is 16.0. The van der Waals surface area contributed by atoms with Gasteiger partial charge in [-0.15, -0.1) is 0 Å². The first kappa shape index (κ1) is 17.9. The second-order valence-corrected chi connectivity index (χ2v) is 6.78. The summed E-state index contributed by atoms with van der Waals surface area (Å²) < 4.78 is 0. The Morgan fingerprint density at radius 1 is 1.29 bits per heavy atom. The minimum absolute atomic E-state index is 0.0320. The van der Waals surface area contributed by atoms with Crippen molar-refractivity contribution in [3.05, 3.63) is 11.1 Å². The topological polar surface area (TPSA) is 56.2 Å². The molecule has 1 saturated heterocycles. The monoisotopic (exact) mass is 293 g/mol. The molecule has 2 N–H and O–H groups in total. The Balaban J connectivity index is 2.39. The first-order valence-electron chi connectivity index (χ1n) is 8.07. The van der Waals surface area contributed by atoms with Gasteiger partial charge >= 0.3 is 0 Å². The molecular formula is C17H31N3O. The van der Waals surface area contributed by atoms with Crippen molar-refractivity contribution in [2.75, 3.05) is 26.2 Å². The second-order valence-electron chi connectivity index (χ2n) is 6.78. The van der Waals surface area contributed by atoms with E-state index in [1.54, 1.807) is 0 Å². The van der Waals surface area contributed by atoms with E-state index in [1.165, 1.54) is 0 Å². The maximum atomic E-state index is 12.0. The molecule has 21 heavy (non-hydrogen) atoms. The minimum Gasteiger partial charge on any atom is -0.352 e. The molecule has 4 nitrogen and oxygen atoms in total. The summed E-state index contributed by atoms with van der Waals surface area (Å²) in [5.41, 5.74) is 2.09. The number of hydrogen-bond donors (Lipinski definition) is 2. The SMILES string of the molecule is C/C(C(=N)CCN1CC(C)C1)=C(\C)C(=O)NCCC(C)C. The maximum Gasteiger partial charge on any atom is 0.247 e. The lowest BCUT2D eigenvalue weighted by atomic mass is 9.99. The van der Waals surface area contributed by atoms with Crippen molar-refractivity contribution in [1.82, 2.24) is 10.2 Å². The number of amides is 1. The molecular weight excluding hydrogens is 262 g/mol. The number of rotatable bonds is 8. The lowest BCUT2D eigenvalue weighted by Crippen LogP contribution is -2.45. The van der Waals surface area contributed by atoms with Crippen LogP contribution in [0.5, 0.6) is 0 Å². The van der Waals surface area contributed by atoms with Crippen LogP contribution >= 0.6 is 0 Å². The predicted molar refractivity (Wildman–Crippen MR) is 88.8 cm³/mol. The van der Waals surface area contributed by atoms with Crippen LogP contribution in [0.3, 0.4) is 0 Å². The molecule has 0 saturated carbocycles. The van der Waals surface area contributed by atoms with Gasteiger partial charge in [0, 0.05) is 43.9 Å². The number of carbonyl (C=O) groups is 1. The lowest BCUT2D eigenvalue weighted by molar-refractivity contribution is -0.117. The van der Waals surface area contributed by atoms with Crippen molar-refractivity contribution in [2.45, 2.75) is 47.5 Å². The number of hydrogen-bond acceptors (Lipinski definition) is 3. The predicted octanol–water partition coefficient (Wildman–Crippen LogP) is 2.85.